The molecule has 1 heterocycles. The fourth-order valence-corrected chi connectivity index (χ4v) is 3.66. The van der Waals surface area contributed by atoms with Crippen LogP contribution in [0.5, 0.6) is 0 Å². The van der Waals surface area contributed by atoms with Crippen LogP contribution < -0.4 is 11.1 Å². The summed E-state index contributed by atoms with van der Waals surface area (Å²) in [6.45, 7) is 2.85. The highest BCUT2D eigenvalue weighted by molar-refractivity contribution is 7.85. The van der Waals surface area contributed by atoms with E-state index in [4.69, 9.17) is 5.73 Å². The van der Waals surface area contributed by atoms with E-state index >= 15 is 0 Å². The van der Waals surface area contributed by atoms with E-state index in [0.29, 0.717) is 18.9 Å². The number of carbonyl (C=O) groups excluding carboxylic acids is 1. The molecule has 0 aromatic heterocycles. The summed E-state index contributed by atoms with van der Waals surface area (Å²) in [7, 11) is -0.656. The average Bonchev–Trinajstić information content (AvgIpc) is 2.37. The number of amides is 1. The predicted molar refractivity (Wildman–Crippen MR) is 75.7 cm³/mol. The fourth-order valence-electron chi connectivity index (χ4n) is 2.36. The Morgan fingerprint density at radius 2 is 2.06 bits per heavy atom. The van der Waals surface area contributed by atoms with Crippen molar-refractivity contribution in [2.24, 2.45) is 11.7 Å². The highest BCUT2D eigenvalue weighted by Crippen LogP contribution is 2.15. The molecule has 0 spiro atoms. The minimum Gasteiger partial charge on any atom is -0.353 e. The van der Waals surface area contributed by atoms with E-state index in [0.717, 1.165) is 43.6 Å². The number of carbonyl (C=O) groups is 1. The second-order valence-electron chi connectivity index (χ2n) is 5.08. The van der Waals surface area contributed by atoms with E-state index in [-0.39, 0.29) is 11.9 Å². The molecule has 1 aliphatic heterocycles. The lowest BCUT2D eigenvalue weighted by molar-refractivity contribution is -0.122. The van der Waals surface area contributed by atoms with Gasteiger partial charge in [0, 0.05) is 34.8 Å². The smallest absolute Gasteiger partial charge is 0.220 e. The van der Waals surface area contributed by atoms with Crippen LogP contribution in [-0.4, -0.2) is 34.2 Å². The Bertz CT molecular complexity index is 274. The number of nitrogens with two attached hydrogens (primary N) is 1. The second kappa shape index (κ2) is 8.64. The Morgan fingerprint density at radius 3 is 2.61 bits per heavy atom. The van der Waals surface area contributed by atoms with E-state index in [1.54, 1.807) is 0 Å². The highest BCUT2D eigenvalue weighted by atomic mass is 32.2. The van der Waals surface area contributed by atoms with Gasteiger partial charge in [-0.05, 0) is 38.1 Å². The molecule has 18 heavy (non-hydrogen) atoms. The van der Waals surface area contributed by atoms with E-state index in [1.165, 1.54) is 0 Å². The minimum absolute atomic E-state index is 0.142. The molecule has 1 amide bonds. The molecule has 1 unspecified atom stereocenters. The maximum atomic E-state index is 11.8. The van der Waals surface area contributed by atoms with E-state index < -0.39 is 10.8 Å². The lowest BCUT2D eigenvalue weighted by atomic mass is 9.96. The lowest BCUT2D eigenvalue weighted by Crippen LogP contribution is -2.39. The SMILES string of the molecule is CCC(CCN)CCC(=O)NC1CCS(=O)CC1. The van der Waals surface area contributed by atoms with Gasteiger partial charge >= 0.3 is 0 Å². The Labute approximate surface area is 113 Å². The number of hydrogen-bond acceptors (Lipinski definition) is 3. The van der Waals surface area contributed by atoms with Gasteiger partial charge in [-0.2, -0.15) is 0 Å². The van der Waals surface area contributed by atoms with Crippen molar-refractivity contribution in [3.05, 3.63) is 0 Å². The van der Waals surface area contributed by atoms with E-state index in [1.807, 2.05) is 0 Å². The minimum atomic E-state index is -0.656. The largest absolute Gasteiger partial charge is 0.353 e. The summed E-state index contributed by atoms with van der Waals surface area (Å²) < 4.78 is 11.2. The van der Waals surface area contributed by atoms with Crippen LogP contribution in [0.4, 0.5) is 0 Å². The molecule has 106 valence electrons. The average molecular weight is 274 g/mol. The molecule has 5 heteroatoms. The molecule has 3 N–H and O–H groups in total. The Morgan fingerprint density at radius 1 is 1.39 bits per heavy atom. The zero-order chi connectivity index (χ0) is 13.4. The molecular formula is C13H26N2O2S. The third-order valence-electron chi connectivity index (χ3n) is 3.68. The van der Waals surface area contributed by atoms with Gasteiger partial charge in [-0.15, -0.1) is 0 Å². The van der Waals surface area contributed by atoms with E-state index in [2.05, 4.69) is 12.2 Å². The first kappa shape index (κ1) is 15.6. The van der Waals surface area contributed by atoms with Crippen LogP contribution in [0.3, 0.4) is 0 Å². The van der Waals surface area contributed by atoms with Crippen LogP contribution in [0.25, 0.3) is 0 Å². The summed E-state index contributed by atoms with van der Waals surface area (Å²) in [4.78, 5) is 11.8. The van der Waals surface area contributed by atoms with Crippen molar-refractivity contribution in [2.45, 2.75) is 51.5 Å². The normalized spacial score (nSPS) is 25.7. The number of rotatable bonds is 7. The lowest BCUT2D eigenvalue weighted by Gasteiger charge is -2.23. The van der Waals surface area contributed by atoms with Crippen LogP contribution in [0, 0.1) is 5.92 Å². The maximum absolute atomic E-state index is 11.8. The van der Waals surface area contributed by atoms with Gasteiger partial charge < -0.3 is 11.1 Å². The van der Waals surface area contributed by atoms with Gasteiger partial charge in [0.05, 0.1) is 0 Å². The third kappa shape index (κ3) is 5.96. The van der Waals surface area contributed by atoms with Crippen molar-refractivity contribution in [3.63, 3.8) is 0 Å². The summed E-state index contributed by atoms with van der Waals surface area (Å²) in [5.41, 5.74) is 5.54. The first-order valence-corrected chi connectivity index (χ1v) is 8.49. The molecule has 0 aromatic carbocycles. The van der Waals surface area contributed by atoms with Crippen molar-refractivity contribution < 1.29 is 9.00 Å². The zero-order valence-electron chi connectivity index (χ0n) is 11.3. The van der Waals surface area contributed by atoms with Gasteiger partial charge in [-0.25, -0.2) is 0 Å². The standard InChI is InChI=1S/C13H26N2O2S/c1-2-11(5-8-14)3-4-13(16)15-12-6-9-18(17)10-7-12/h11-12H,2-10,14H2,1H3,(H,15,16). The summed E-state index contributed by atoms with van der Waals surface area (Å²) in [6.07, 6.45) is 5.34. The molecule has 1 fully saturated rings. The summed E-state index contributed by atoms with van der Waals surface area (Å²) in [5.74, 6) is 2.17. The topological polar surface area (TPSA) is 72.2 Å². The van der Waals surface area contributed by atoms with Gasteiger partial charge in [0.1, 0.15) is 0 Å². The first-order valence-electron chi connectivity index (χ1n) is 7.00. The van der Waals surface area contributed by atoms with Crippen molar-refractivity contribution in [1.82, 2.24) is 5.32 Å². The van der Waals surface area contributed by atoms with Crippen LogP contribution in [0.2, 0.25) is 0 Å². The van der Waals surface area contributed by atoms with Gasteiger partial charge in [-0.3, -0.25) is 9.00 Å². The highest BCUT2D eigenvalue weighted by Gasteiger charge is 2.19. The van der Waals surface area contributed by atoms with Crippen molar-refractivity contribution >= 4 is 16.7 Å². The van der Waals surface area contributed by atoms with Crippen molar-refractivity contribution in [2.75, 3.05) is 18.1 Å². The molecule has 0 aromatic rings. The van der Waals surface area contributed by atoms with Crippen LogP contribution in [0.15, 0.2) is 0 Å². The number of hydrogen-bond donors (Lipinski definition) is 2. The Hall–Kier alpha value is -0.420. The second-order valence-corrected chi connectivity index (χ2v) is 6.78. The van der Waals surface area contributed by atoms with Crippen LogP contribution in [-0.2, 0) is 15.6 Å². The molecule has 0 bridgehead atoms. The molecule has 4 nitrogen and oxygen atoms in total. The zero-order valence-corrected chi connectivity index (χ0v) is 12.1. The summed E-state index contributed by atoms with van der Waals surface area (Å²) in [6, 6.07) is 0.241. The molecule has 1 aliphatic rings. The molecular weight excluding hydrogens is 248 g/mol. The van der Waals surface area contributed by atoms with Gasteiger partial charge in [0.2, 0.25) is 5.91 Å². The quantitative estimate of drug-likeness (QED) is 0.732. The van der Waals surface area contributed by atoms with E-state index in [9.17, 15) is 9.00 Å². The molecule has 1 saturated heterocycles. The van der Waals surface area contributed by atoms with Gasteiger partial charge in [0.25, 0.3) is 0 Å². The fraction of sp³-hybridized carbons (Fsp3) is 0.923. The van der Waals surface area contributed by atoms with Gasteiger partial charge in [0.15, 0.2) is 0 Å². The summed E-state index contributed by atoms with van der Waals surface area (Å²) in [5, 5.41) is 3.06. The third-order valence-corrected chi connectivity index (χ3v) is 5.07. The predicted octanol–water partition coefficient (Wildman–Crippen LogP) is 1.17. The molecule has 0 saturated carbocycles. The number of nitrogens with one attached hydrogen (secondary N) is 1. The molecule has 1 atom stereocenters. The molecule has 1 rings (SSSR count). The maximum Gasteiger partial charge on any atom is 0.220 e. The van der Waals surface area contributed by atoms with Gasteiger partial charge in [-0.1, -0.05) is 13.3 Å². The summed E-state index contributed by atoms with van der Waals surface area (Å²) >= 11 is 0. The van der Waals surface area contributed by atoms with Crippen molar-refractivity contribution in [1.29, 1.82) is 0 Å². The first-order chi connectivity index (χ1) is 8.65. The van der Waals surface area contributed by atoms with Crippen LogP contribution in [0.1, 0.15) is 45.4 Å². The molecule has 0 aliphatic carbocycles. The Balaban J connectivity index is 2.18. The molecule has 0 radical (unpaired) electrons. The van der Waals surface area contributed by atoms with Crippen molar-refractivity contribution in [3.8, 4) is 0 Å². The van der Waals surface area contributed by atoms with Crippen LogP contribution >= 0.6 is 0 Å². The monoisotopic (exact) mass is 274 g/mol. The Kier molecular flexibility index (Phi) is 7.51.